The van der Waals surface area contributed by atoms with Gasteiger partial charge in [0.2, 0.25) is 5.91 Å². The van der Waals surface area contributed by atoms with Gasteiger partial charge in [-0.2, -0.15) is 0 Å². The van der Waals surface area contributed by atoms with Crippen molar-refractivity contribution in [2.45, 2.75) is 33.6 Å². The van der Waals surface area contributed by atoms with Gasteiger partial charge in [-0.25, -0.2) is 9.97 Å². The van der Waals surface area contributed by atoms with Gasteiger partial charge in [0.25, 0.3) is 0 Å². The molecule has 0 aliphatic rings. The second-order valence-electron chi connectivity index (χ2n) is 5.38. The van der Waals surface area contributed by atoms with E-state index >= 15 is 0 Å². The van der Waals surface area contributed by atoms with E-state index in [1.807, 2.05) is 0 Å². The summed E-state index contributed by atoms with van der Waals surface area (Å²) < 4.78 is 0. The summed E-state index contributed by atoms with van der Waals surface area (Å²) in [5.74, 6) is 1.36. The Morgan fingerprint density at radius 3 is 2.90 bits per heavy atom. The third-order valence-corrected chi connectivity index (χ3v) is 4.27. The van der Waals surface area contributed by atoms with Crippen LogP contribution < -0.4 is 10.6 Å². The van der Waals surface area contributed by atoms with Gasteiger partial charge in [-0.1, -0.05) is 20.8 Å². The van der Waals surface area contributed by atoms with E-state index in [0.717, 1.165) is 29.0 Å². The number of carbonyl (C=O) groups excluding carboxylic acids is 1. The fourth-order valence-electron chi connectivity index (χ4n) is 1.92. The van der Waals surface area contributed by atoms with Gasteiger partial charge in [0.15, 0.2) is 0 Å². The number of nitrogens with zero attached hydrogens (tertiary/aromatic N) is 2. The zero-order valence-electron chi connectivity index (χ0n) is 12.8. The summed E-state index contributed by atoms with van der Waals surface area (Å²) in [6.45, 7) is 7.59. The monoisotopic (exact) mass is 306 g/mol. The number of nitrogens with one attached hydrogen (secondary N) is 2. The smallest absolute Gasteiger partial charge is 0.221 e. The maximum absolute atomic E-state index is 11.7. The van der Waals surface area contributed by atoms with Crippen molar-refractivity contribution in [3.63, 3.8) is 0 Å². The number of amides is 1. The van der Waals surface area contributed by atoms with E-state index in [2.05, 4.69) is 47.4 Å². The number of thiophene rings is 1. The van der Waals surface area contributed by atoms with Gasteiger partial charge in [-0.3, -0.25) is 4.79 Å². The average molecular weight is 306 g/mol. The summed E-state index contributed by atoms with van der Waals surface area (Å²) in [5, 5.41) is 7.19. The first-order valence-electron chi connectivity index (χ1n) is 7.34. The van der Waals surface area contributed by atoms with Gasteiger partial charge >= 0.3 is 0 Å². The highest BCUT2D eigenvalue weighted by Crippen LogP contribution is 2.28. The van der Waals surface area contributed by atoms with Crippen LogP contribution in [-0.4, -0.2) is 29.0 Å². The van der Waals surface area contributed by atoms with Gasteiger partial charge < -0.3 is 10.6 Å². The van der Waals surface area contributed by atoms with E-state index in [9.17, 15) is 4.79 Å². The summed E-state index contributed by atoms with van der Waals surface area (Å²) in [6.07, 6.45) is 3.01. The predicted molar refractivity (Wildman–Crippen MR) is 87.7 cm³/mol. The van der Waals surface area contributed by atoms with Crippen molar-refractivity contribution in [3.05, 3.63) is 17.3 Å². The zero-order chi connectivity index (χ0) is 15.2. The number of carbonyl (C=O) groups is 1. The Morgan fingerprint density at radius 2 is 2.19 bits per heavy atom. The third kappa shape index (κ3) is 4.39. The molecule has 0 aliphatic carbocycles. The molecule has 2 N–H and O–H groups in total. The molecule has 0 aliphatic heterocycles. The lowest BCUT2D eigenvalue weighted by Crippen LogP contribution is -2.28. The minimum Gasteiger partial charge on any atom is -0.369 e. The molecule has 21 heavy (non-hydrogen) atoms. The highest BCUT2D eigenvalue weighted by Gasteiger charge is 2.08. The number of rotatable bonds is 7. The topological polar surface area (TPSA) is 66.9 Å². The lowest BCUT2D eigenvalue weighted by Gasteiger charge is -2.09. The van der Waals surface area contributed by atoms with Gasteiger partial charge in [0.1, 0.15) is 17.0 Å². The predicted octanol–water partition coefficient (Wildman–Crippen LogP) is 2.83. The first-order valence-corrected chi connectivity index (χ1v) is 8.15. The number of aromatic nitrogens is 2. The van der Waals surface area contributed by atoms with Crippen molar-refractivity contribution in [3.8, 4) is 0 Å². The maximum Gasteiger partial charge on any atom is 0.221 e. The second kappa shape index (κ2) is 7.36. The molecule has 114 valence electrons. The molecule has 0 atom stereocenters. The molecule has 0 radical (unpaired) electrons. The molecular formula is C15H22N4OS. The first kappa shape index (κ1) is 15.7. The highest BCUT2D eigenvalue weighted by molar-refractivity contribution is 7.18. The average Bonchev–Trinajstić information content (AvgIpc) is 2.89. The van der Waals surface area contributed by atoms with Gasteiger partial charge in [0, 0.05) is 24.4 Å². The molecule has 0 saturated heterocycles. The Hall–Kier alpha value is -1.69. The Kier molecular flexibility index (Phi) is 5.50. The third-order valence-electron chi connectivity index (χ3n) is 3.08. The van der Waals surface area contributed by atoms with Crippen LogP contribution >= 0.6 is 11.3 Å². The van der Waals surface area contributed by atoms with Crippen LogP contribution in [-0.2, 0) is 11.2 Å². The summed E-state index contributed by atoms with van der Waals surface area (Å²) in [5.41, 5.74) is 0. The Balaban J connectivity index is 1.91. The van der Waals surface area contributed by atoms with Gasteiger partial charge in [-0.05, 0) is 18.4 Å². The summed E-state index contributed by atoms with van der Waals surface area (Å²) >= 11 is 1.69. The second-order valence-corrected chi connectivity index (χ2v) is 6.50. The summed E-state index contributed by atoms with van der Waals surface area (Å²) in [6, 6.07) is 2.13. The van der Waals surface area contributed by atoms with Crippen LogP contribution in [0, 0.1) is 5.92 Å². The molecule has 0 spiro atoms. The van der Waals surface area contributed by atoms with Crippen LogP contribution in [0.2, 0.25) is 0 Å². The molecule has 2 aromatic heterocycles. The molecule has 0 saturated carbocycles. The molecule has 0 aromatic carbocycles. The molecule has 2 rings (SSSR count). The zero-order valence-corrected chi connectivity index (χ0v) is 13.6. The Bertz CT molecular complexity index is 609. The van der Waals surface area contributed by atoms with Crippen LogP contribution in [0.5, 0.6) is 0 Å². The number of hydrogen-bond donors (Lipinski definition) is 2. The van der Waals surface area contributed by atoms with Crippen LogP contribution in [0.4, 0.5) is 5.82 Å². The van der Waals surface area contributed by atoms with E-state index in [0.29, 0.717) is 18.9 Å². The Labute approximate surface area is 129 Å². The maximum atomic E-state index is 11.7. The van der Waals surface area contributed by atoms with E-state index in [-0.39, 0.29) is 5.91 Å². The fourth-order valence-corrected chi connectivity index (χ4v) is 2.86. The van der Waals surface area contributed by atoms with E-state index in [4.69, 9.17) is 0 Å². The summed E-state index contributed by atoms with van der Waals surface area (Å²) in [4.78, 5) is 22.5. The molecule has 2 heterocycles. The van der Waals surface area contributed by atoms with E-state index in [1.165, 1.54) is 4.88 Å². The van der Waals surface area contributed by atoms with Crippen molar-refractivity contribution < 1.29 is 4.79 Å². The van der Waals surface area contributed by atoms with Gasteiger partial charge in [0.05, 0.1) is 5.39 Å². The molecular weight excluding hydrogens is 284 g/mol. The quantitative estimate of drug-likeness (QED) is 0.825. The molecule has 0 fully saturated rings. The number of anilines is 1. The number of fused-ring (bicyclic) bond motifs is 1. The molecule has 1 amide bonds. The van der Waals surface area contributed by atoms with Crippen LogP contribution in [0.15, 0.2) is 12.4 Å². The molecule has 2 aromatic rings. The lowest BCUT2D eigenvalue weighted by atomic mass is 10.2. The Morgan fingerprint density at radius 1 is 1.38 bits per heavy atom. The van der Waals surface area contributed by atoms with Crippen LogP contribution in [0.3, 0.4) is 0 Å². The normalized spacial score (nSPS) is 11.0. The standard InChI is InChI=1S/C15H22N4OS/c1-4-11-7-12-14(18-9-19-15(12)21-11)16-6-5-13(20)17-8-10(2)3/h7,9-10H,4-6,8H2,1-3H3,(H,17,20)(H,16,18,19). The summed E-state index contributed by atoms with van der Waals surface area (Å²) in [7, 11) is 0. The van der Waals surface area contributed by atoms with Crippen molar-refractivity contribution in [1.82, 2.24) is 15.3 Å². The van der Waals surface area contributed by atoms with Crippen molar-refractivity contribution >= 4 is 33.3 Å². The minimum atomic E-state index is 0.0704. The number of hydrogen-bond acceptors (Lipinski definition) is 5. The van der Waals surface area contributed by atoms with Crippen molar-refractivity contribution in [2.75, 3.05) is 18.4 Å². The highest BCUT2D eigenvalue weighted by atomic mass is 32.1. The fraction of sp³-hybridized carbons (Fsp3) is 0.533. The van der Waals surface area contributed by atoms with Crippen molar-refractivity contribution in [2.24, 2.45) is 5.92 Å². The molecule has 0 unspecified atom stereocenters. The molecule has 6 heteroatoms. The van der Waals surface area contributed by atoms with E-state index in [1.54, 1.807) is 17.7 Å². The molecule has 5 nitrogen and oxygen atoms in total. The lowest BCUT2D eigenvalue weighted by molar-refractivity contribution is -0.120. The van der Waals surface area contributed by atoms with Gasteiger partial charge in [-0.15, -0.1) is 11.3 Å². The van der Waals surface area contributed by atoms with Crippen molar-refractivity contribution in [1.29, 1.82) is 0 Å². The minimum absolute atomic E-state index is 0.0704. The number of aryl methyl sites for hydroxylation is 1. The first-order chi connectivity index (χ1) is 10.1. The van der Waals surface area contributed by atoms with E-state index < -0.39 is 0 Å². The molecule has 0 bridgehead atoms. The SMILES string of the molecule is CCc1cc2c(NCCC(=O)NCC(C)C)ncnc2s1. The largest absolute Gasteiger partial charge is 0.369 e. The van der Waals surface area contributed by atoms with Crippen LogP contribution in [0.1, 0.15) is 32.1 Å². The van der Waals surface area contributed by atoms with Crippen LogP contribution in [0.25, 0.3) is 10.2 Å².